The molecule has 1 aliphatic heterocycles. The summed E-state index contributed by atoms with van der Waals surface area (Å²) in [5, 5.41) is 0. The summed E-state index contributed by atoms with van der Waals surface area (Å²) in [6, 6.07) is 14.6. The molecule has 3 aromatic heterocycles. The van der Waals surface area contributed by atoms with E-state index >= 15 is 0 Å². The number of nitrogens with zero attached hydrogens (tertiary/aromatic N) is 6. The summed E-state index contributed by atoms with van der Waals surface area (Å²) in [4.78, 5) is 35.8. The second kappa shape index (κ2) is 11.0. The third-order valence-corrected chi connectivity index (χ3v) is 6.73. The van der Waals surface area contributed by atoms with Crippen molar-refractivity contribution in [3.63, 3.8) is 0 Å². The van der Waals surface area contributed by atoms with Gasteiger partial charge in [0, 0.05) is 71.3 Å². The van der Waals surface area contributed by atoms with Gasteiger partial charge in [-0.2, -0.15) is 0 Å². The number of hydrogen-bond acceptors (Lipinski definition) is 7. The number of carbonyl (C=O) groups excluding carboxylic acids is 1. The fraction of sp³-hybridized carbons (Fsp3) is 0.400. The Kier molecular flexibility index (Phi) is 7.52. The first-order valence-electron chi connectivity index (χ1n) is 13.4. The zero-order chi connectivity index (χ0) is 27.6. The van der Waals surface area contributed by atoms with Gasteiger partial charge in [-0.1, -0.05) is 6.07 Å². The molecule has 9 nitrogen and oxygen atoms in total. The lowest BCUT2D eigenvalue weighted by atomic mass is 10.1. The monoisotopic (exact) mass is 527 g/mol. The van der Waals surface area contributed by atoms with E-state index in [1.54, 1.807) is 4.90 Å². The molecule has 0 aliphatic carbocycles. The maximum absolute atomic E-state index is 12.4. The number of benzene rings is 1. The van der Waals surface area contributed by atoms with Gasteiger partial charge in [0.2, 0.25) is 0 Å². The van der Waals surface area contributed by atoms with Crippen molar-refractivity contribution in [1.82, 2.24) is 29.7 Å². The third-order valence-electron chi connectivity index (χ3n) is 6.73. The number of nitrogens with one attached hydrogen (secondary N) is 1. The van der Waals surface area contributed by atoms with Crippen LogP contribution in [-0.4, -0.2) is 81.7 Å². The lowest BCUT2D eigenvalue weighted by Crippen LogP contribution is -2.49. The summed E-state index contributed by atoms with van der Waals surface area (Å²) < 4.78 is 5.51. The third kappa shape index (κ3) is 6.72. The molecule has 0 unspecified atom stereocenters. The maximum Gasteiger partial charge on any atom is 0.410 e. The molecule has 1 saturated heterocycles. The van der Waals surface area contributed by atoms with Crippen LogP contribution in [0.4, 0.5) is 10.6 Å². The van der Waals surface area contributed by atoms with Crippen molar-refractivity contribution in [2.45, 2.75) is 39.3 Å². The minimum Gasteiger partial charge on any atom is -0.444 e. The molecule has 0 saturated carbocycles. The number of imidazole rings is 1. The highest BCUT2D eigenvalue weighted by Crippen LogP contribution is 2.26. The van der Waals surface area contributed by atoms with E-state index in [2.05, 4.69) is 56.3 Å². The van der Waals surface area contributed by atoms with Crippen LogP contribution in [0.2, 0.25) is 0 Å². The van der Waals surface area contributed by atoms with Gasteiger partial charge in [0.1, 0.15) is 17.2 Å². The van der Waals surface area contributed by atoms with E-state index in [9.17, 15) is 4.79 Å². The number of amides is 1. The van der Waals surface area contributed by atoms with Crippen LogP contribution < -0.4 is 4.90 Å². The van der Waals surface area contributed by atoms with Crippen molar-refractivity contribution < 1.29 is 9.53 Å². The van der Waals surface area contributed by atoms with Gasteiger partial charge in [0.25, 0.3) is 0 Å². The number of ether oxygens (including phenoxy) is 1. The number of fused-ring (bicyclic) bond motifs is 1. The highest BCUT2D eigenvalue weighted by molar-refractivity contribution is 5.82. The van der Waals surface area contributed by atoms with Crippen molar-refractivity contribution in [3.8, 4) is 11.1 Å². The minimum atomic E-state index is -0.473. The number of piperazine rings is 1. The van der Waals surface area contributed by atoms with Gasteiger partial charge >= 0.3 is 6.09 Å². The topological polar surface area (TPSA) is 90.5 Å². The molecular weight excluding hydrogens is 490 g/mol. The highest BCUT2D eigenvalue weighted by atomic mass is 16.6. The second-order valence-corrected chi connectivity index (χ2v) is 11.3. The lowest BCUT2D eigenvalue weighted by molar-refractivity contribution is 0.0139. The molecule has 0 atom stereocenters. The van der Waals surface area contributed by atoms with Gasteiger partial charge in [-0.3, -0.25) is 9.88 Å². The molecular formula is C30H37N7O2. The molecule has 1 aliphatic rings. The van der Waals surface area contributed by atoms with Crippen molar-refractivity contribution in [2.24, 2.45) is 0 Å². The van der Waals surface area contributed by atoms with Crippen LogP contribution in [-0.2, 0) is 17.7 Å². The largest absolute Gasteiger partial charge is 0.444 e. The molecule has 1 N–H and O–H groups in total. The standard InChI is InChI=1S/C30H37N7O2/c1-30(2,3)39-29(38)37-14-12-36(13-15-37)20-21-8-10-31-24(16-21)19-27-33-25-7-6-22(17-26(25)34-27)23-9-11-32-28(18-23)35(4)5/h6-11,16-18H,12-15,19-20H2,1-5H3,(H,33,34). The molecule has 1 fully saturated rings. The van der Waals surface area contributed by atoms with Gasteiger partial charge < -0.3 is 19.5 Å². The van der Waals surface area contributed by atoms with E-state index < -0.39 is 5.60 Å². The Bertz CT molecular complexity index is 1450. The number of aromatic amines is 1. The Morgan fingerprint density at radius 3 is 2.46 bits per heavy atom. The van der Waals surface area contributed by atoms with Crippen molar-refractivity contribution in [3.05, 3.63) is 71.9 Å². The van der Waals surface area contributed by atoms with Crippen molar-refractivity contribution >= 4 is 22.9 Å². The quantitative estimate of drug-likeness (QED) is 0.388. The molecule has 204 valence electrons. The van der Waals surface area contributed by atoms with E-state index in [1.165, 1.54) is 5.56 Å². The molecule has 9 heteroatoms. The fourth-order valence-corrected chi connectivity index (χ4v) is 4.74. The zero-order valence-electron chi connectivity index (χ0n) is 23.4. The van der Waals surface area contributed by atoms with E-state index in [0.717, 1.165) is 59.1 Å². The fourth-order valence-electron chi connectivity index (χ4n) is 4.74. The molecule has 0 spiro atoms. The number of hydrogen-bond donors (Lipinski definition) is 1. The molecule has 39 heavy (non-hydrogen) atoms. The van der Waals surface area contributed by atoms with Gasteiger partial charge in [-0.15, -0.1) is 0 Å². The predicted molar refractivity (Wildman–Crippen MR) is 154 cm³/mol. The molecule has 5 rings (SSSR count). The van der Waals surface area contributed by atoms with Crippen molar-refractivity contribution in [2.75, 3.05) is 45.2 Å². The Balaban J connectivity index is 1.22. The normalized spacial score (nSPS) is 14.5. The summed E-state index contributed by atoms with van der Waals surface area (Å²) in [6.45, 7) is 9.48. The minimum absolute atomic E-state index is 0.231. The lowest BCUT2D eigenvalue weighted by Gasteiger charge is -2.35. The van der Waals surface area contributed by atoms with Crippen LogP contribution >= 0.6 is 0 Å². The van der Waals surface area contributed by atoms with E-state index in [1.807, 2.05) is 58.2 Å². The summed E-state index contributed by atoms with van der Waals surface area (Å²) in [5.74, 6) is 1.82. The maximum atomic E-state index is 12.4. The summed E-state index contributed by atoms with van der Waals surface area (Å²) >= 11 is 0. The van der Waals surface area contributed by atoms with E-state index in [0.29, 0.717) is 19.5 Å². The number of pyridine rings is 2. The van der Waals surface area contributed by atoms with Crippen LogP contribution in [0, 0.1) is 0 Å². The van der Waals surface area contributed by atoms with Gasteiger partial charge in [-0.05, 0) is 73.9 Å². The summed E-state index contributed by atoms with van der Waals surface area (Å²) in [6.07, 6.45) is 4.11. The molecule has 4 heterocycles. The van der Waals surface area contributed by atoms with Crippen LogP contribution in [0.3, 0.4) is 0 Å². The highest BCUT2D eigenvalue weighted by Gasteiger charge is 2.25. The first-order chi connectivity index (χ1) is 18.6. The van der Waals surface area contributed by atoms with Gasteiger partial charge in [0.05, 0.1) is 11.0 Å². The zero-order valence-corrected chi connectivity index (χ0v) is 23.4. The number of carbonyl (C=O) groups is 1. The number of H-pyrrole nitrogens is 1. The summed E-state index contributed by atoms with van der Waals surface area (Å²) in [7, 11) is 3.98. The SMILES string of the molecule is CN(C)c1cc(-c2ccc3nc(Cc4cc(CN5CCN(C(=O)OC(C)(C)C)CC5)ccn4)[nH]c3c2)ccn1. The van der Waals surface area contributed by atoms with E-state index in [4.69, 9.17) is 9.72 Å². The first-order valence-corrected chi connectivity index (χ1v) is 13.4. The van der Waals surface area contributed by atoms with Crippen LogP contribution in [0.15, 0.2) is 54.9 Å². The molecule has 1 aromatic carbocycles. The Labute approximate surface area is 229 Å². The predicted octanol–water partition coefficient (Wildman–Crippen LogP) is 4.73. The van der Waals surface area contributed by atoms with Crippen LogP contribution in [0.5, 0.6) is 0 Å². The van der Waals surface area contributed by atoms with E-state index in [-0.39, 0.29) is 6.09 Å². The average molecular weight is 528 g/mol. The summed E-state index contributed by atoms with van der Waals surface area (Å²) in [5.41, 5.74) is 5.89. The average Bonchev–Trinajstić information content (AvgIpc) is 3.30. The number of rotatable bonds is 6. The Morgan fingerprint density at radius 2 is 1.72 bits per heavy atom. The van der Waals surface area contributed by atoms with Crippen LogP contribution in [0.1, 0.15) is 37.9 Å². The number of aromatic nitrogens is 4. The smallest absolute Gasteiger partial charge is 0.410 e. The Hall–Kier alpha value is -3.98. The molecule has 0 bridgehead atoms. The van der Waals surface area contributed by atoms with Gasteiger partial charge in [-0.25, -0.2) is 14.8 Å². The molecule has 0 radical (unpaired) electrons. The van der Waals surface area contributed by atoms with Gasteiger partial charge in [0.15, 0.2) is 0 Å². The van der Waals surface area contributed by atoms with Crippen LogP contribution in [0.25, 0.3) is 22.2 Å². The number of anilines is 1. The first kappa shape index (κ1) is 26.6. The second-order valence-electron chi connectivity index (χ2n) is 11.3. The van der Waals surface area contributed by atoms with Crippen molar-refractivity contribution in [1.29, 1.82) is 0 Å². The molecule has 1 amide bonds. The Morgan fingerprint density at radius 1 is 0.974 bits per heavy atom. The molecule has 4 aromatic rings.